The lowest BCUT2D eigenvalue weighted by Crippen LogP contribution is -2.21. The molecular formula is C16H17NO2. The predicted molar refractivity (Wildman–Crippen MR) is 75.2 cm³/mol. The molecule has 0 radical (unpaired) electrons. The maximum absolute atomic E-state index is 11.7. The molecule has 0 bridgehead atoms. The SMILES string of the molecule is CN(C)C(=O)c1ccc(COc2ccccc2)cc1. The van der Waals surface area contributed by atoms with Gasteiger partial charge in [-0.2, -0.15) is 0 Å². The number of hydrogen-bond donors (Lipinski definition) is 0. The summed E-state index contributed by atoms with van der Waals surface area (Å²) in [6.45, 7) is 0.500. The average molecular weight is 255 g/mol. The lowest BCUT2D eigenvalue weighted by Gasteiger charge is -2.11. The molecule has 0 heterocycles. The minimum absolute atomic E-state index is 0.00975. The van der Waals surface area contributed by atoms with Crippen LogP contribution < -0.4 is 4.74 Å². The molecule has 0 saturated carbocycles. The van der Waals surface area contributed by atoms with E-state index in [0.717, 1.165) is 11.3 Å². The van der Waals surface area contributed by atoms with Gasteiger partial charge in [0, 0.05) is 19.7 Å². The largest absolute Gasteiger partial charge is 0.489 e. The number of para-hydroxylation sites is 1. The fourth-order valence-electron chi connectivity index (χ4n) is 1.69. The zero-order chi connectivity index (χ0) is 13.7. The Bertz CT molecular complexity index is 532. The molecule has 2 rings (SSSR count). The molecule has 98 valence electrons. The Balaban J connectivity index is 1.98. The molecular weight excluding hydrogens is 238 g/mol. The van der Waals surface area contributed by atoms with E-state index in [9.17, 15) is 4.79 Å². The van der Waals surface area contributed by atoms with Gasteiger partial charge in [-0.25, -0.2) is 0 Å². The molecule has 3 nitrogen and oxygen atoms in total. The first-order valence-corrected chi connectivity index (χ1v) is 6.15. The summed E-state index contributed by atoms with van der Waals surface area (Å²) in [7, 11) is 3.49. The summed E-state index contributed by atoms with van der Waals surface area (Å²) >= 11 is 0. The Morgan fingerprint density at radius 1 is 1.00 bits per heavy atom. The van der Waals surface area contributed by atoms with Crippen LogP contribution in [-0.2, 0) is 6.61 Å². The zero-order valence-corrected chi connectivity index (χ0v) is 11.2. The van der Waals surface area contributed by atoms with Crippen molar-refractivity contribution in [2.24, 2.45) is 0 Å². The topological polar surface area (TPSA) is 29.5 Å². The van der Waals surface area contributed by atoms with Crippen molar-refractivity contribution in [3.63, 3.8) is 0 Å². The molecule has 3 heteroatoms. The summed E-state index contributed by atoms with van der Waals surface area (Å²) < 4.78 is 5.64. The van der Waals surface area contributed by atoms with Gasteiger partial charge in [0.25, 0.3) is 5.91 Å². The van der Waals surface area contributed by atoms with Crippen molar-refractivity contribution in [3.8, 4) is 5.75 Å². The van der Waals surface area contributed by atoms with Crippen LogP contribution in [0.1, 0.15) is 15.9 Å². The van der Waals surface area contributed by atoms with Gasteiger partial charge in [-0.15, -0.1) is 0 Å². The number of hydrogen-bond acceptors (Lipinski definition) is 2. The van der Waals surface area contributed by atoms with E-state index < -0.39 is 0 Å². The number of rotatable bonds is 4. The molecule has 2 aromatic rings. The molecule has 0 atom stereocenters. The Morgan fingerprint density at radius 3 is 2.21 bits per heavy atom. The second-order valence-corrected chi connectivity index (χ2v) is 4.50. The minimum Gasteiger partial charge on any atom is -0.489 e. The van der Waals surface area contributed by atoms with Crippen molar-refractivity contribution < 1.29 is 9.53 Å². The standard InChI is InChI=1S/C16H17NO2/c1-17(2)16(18)14-10-8-13(9-11-14)12-19-15-6-4-3-5-7-15/h3-11H,12H2,1-2H3. The molecule has 0 aliphatic rings. The number of carbonyl (C=O) groups excluding carboxylic acids is 1. The van der Waals surface area contributed by atoms with Crippen LogP contribution in [0.15, 0.2) is 54.6 Å². The van der Waals surface area contributed by atoms with Crippen LogP contribution in [0.4, 0.5) is 0 Å². The van der Waals surface area contributed by atoms with E-state index in [-0.39, 0.29) is 5.91 Å². The fraction of sp³-hybridized carbons (Fsp3) is 0.188. The normalized spacial score (nSPS) is 10.0. The van der Waals surface area contributed by atoms with Gasteiger partial charge in [0.1, 0.15) is 12.4 Å². The molecule has 0 unspecified atom stereocenters. The van der Waals surface area contributed by atoms with Gasteiger partial charge >= 0.3 is 0 Å². The van der Waals surface area contributed by atoms with Gasteiger partial charge in [-0.3, -0.25) is 4.79 Å². The Hall–Kier alpha value is -2.29. The zero-order valence-electron chi connectivity index (χ0n) is 11.2. The molecule has 0 fully saturated rings. The highest BCUT2D eigenvalue weighted by molar-refractivity contribution is 5.93. The average Bonchev–Trinajstić information content (AvgIpc) is 2.46. The van der Waals surface area contributed by atoms with Crippen molar-refractivity contribution in [3.05, 3.63) is 65.7 Å². The first-order chi connectivity index (χ1) is 9.16. The van der Waals surface area contributed by atoms with Crippen LogP contribution in [0.2, 0.25) is 0 Å². The van der Waals surface area contributed by atoms with E-state index in [1.165, 1.54) is 0 Å². The summed E-state index contributed by atoms with van der Waals surface area (Å²) in [6, 6.07) is 17.2. The van der Waals surface area contributed by atoms with Gasteiger partial charge in [0.15, 0.2) is 0 Å². The smallest absolute Gasteiger partial charge is 0.253 e. The molecule has 0 aliphatic heterocycles. The highest BCUT2D eigenvalue weighted by Crippen LogP contribution is 2.12. The summed E-state index contributed by atoms with van der Waals surface area (Å²) in [6.07, 6.45) is 0. The maximum atomic E-state index is 11.7. The number of ether oxygens (including phenoxy) is 1. The van der Waals surface area contributed by atoms with Gasteiger partial charge in [0.2, 0.25) is 0 Å². The van der Waals surface area contributed by atoms with E-state index >= 15 is 0 Å². The van der Waals surface area contributed by atoms with Crippen LogP contribution in [0.5, 0.6) is 5.75 Å². The van der Waals surface area contributed by atoms with E-state index in [4.69, 9.17) is 4.74 Å². The third-order valence-corrected chi connectivity index (χ3v) is 2.76. The second kappa shape index (κ2) is 6.05. The fourth-order valence-corrected chi connectivity index (χ4v) is 1.69. The molecule has 2 aromatic carbocycles. The third kappa shape index (κ3) is 3.58. The van der Waals surface area contributed by atoms with Crippen LogP contribution in [-0.4, -0.2) is 24.9 Å². The first kappa shape index (κ1) is 13.1. The lowest BCUT2D eigenvalue weighted by atomic mass is 10.1. The van der Waals surface area contributed by atoms with E-state index in [1.54, 1.807) is 19.0 Å². The second-order valence-electron chi connectivity index (χ2n) is 4.50. The van der Waals surface area contributed by atoms with Gasteiger partial charge < -0.3 is 9.64 Å². The highest BCUT2D eigenvalue weighted by atomic mass is 16.5. The summed E-state index contributed by atoms with van der Waals surface area (Å²) in [5.74, 6) is 0.853. The van der Waals surface area contributed by atoms with Crippen LogP contribution in [0, 0.1) is 0 Å². The molecule has 1 amide bonds. The Kier molecular flexibility index (Phi) is 4.18. The van der Waals surface area contributed by atoms with Crippen LogP contribution in [0.25, 0.3) is 0 Å². The highest BCUT2D eigenvalue weighted by Gasteiger charge is 2.07. The van der Waals surface area contributed by atoms with Gasteiger partial charge in [-0.05, 0) is 29.8 Å². The summed E-state index contributed by atoms with van der Waals surface area (Å²) in [5.41, 5.74) is 1.73. The van der Waals surface area contributed by atoms with Crippen LogP contribution >= 0.6 is 0 Å². The van der Waals surface area contributed by atoms with E-state index in [1.807, 2.05) is 54.6 Å². The van der Waals surface area contributed by atoms with Crippen molar-refractivity contribution in [2.45, 2.75) is 6.61 Å². The summed E-state index contributed by atoms with van der Waals surface area (Å²) in [4.78, 5) is 13.3. The molecule has 0 aliphatic carbocycles. The number of amides is 1. The number of nitrogens with zero attached hydrogens (tertiary/aromatic N) is 1. The van der Waals surface area contributed by atoms with Gasteiger partial charge in [0.05, 0.1) is 0 Å². The number of carbonyl (C=O) groups is 1. The quantitative estimate of drug-likeness (QED) is 0.840. The molecule has 19 heavy (non-hydrogen) atoms. The van der Waals surface area contributed by atoms with Crippen molar-refractivity contribution in [2.75, 3.05) is 14.1 Å². The molecule has 0 N–H and O–H groups in total. The van der Waals surface area contributed by atoms with Crippen molar-refractivity contribution in [1.82, 2.24) is 4.90 Å². The van der Waals surface area contributed by atoms with Crippen molar-refractivity contribution >= 4 is 5.91 Å². The maximum Gasteiger partial charge on any atom is 0.253 e. The Morgan fingerprint density at radius 2 is 1.63 bits per heavy atom. The molecule has 0 spiro atoms. The van der Waals surface area contributed by atoms with E-state index in [0.29, 0.717) is 12.2 Å². The summed E-state index contributed by atoms with van der Waals surface area (Å²) in [5, 5.41) is 0. The van der Waals surface area contributed by atoms with Crippen LogP contribution in [0.3, 0.4) is 0 Å². The third-order valence-electron chi connectivity index (χ3n) is 2.76. The van der Waals surface area contributed by atoms with Crippen molar-refractivity contribution in [1.29, 1.82) is 0 Å². The first-order valence-electron chi connectivity index (χ1n) is 6.15. The van der Waals surface area contributed by atoms with E-state index in [2.05, 4.69) is 0 Å². The molecule has 0 aromatic heterocycles. The lowest BCUT2D eigenvalue weighted by molar-refractivity contribution is 0.0827. The molecule has 0 saturated heterocycles. The monoisotopic (exact) mass is 255 g/mol. The number of benzene rings is 2. The van der Waals surface area contributed by atoms with Gasteiger partial charge in [-0.1, -0.05) is 30.3 Å². The minimum atomic E-state index is 0.00975. The predicted octanol–water partition coefficient (Wildman–Crippen LogP) is 2.97. The Labute approximate surface area is 113 Å².